The number of rotatable bonds is 2. The lowest BCUT2D eigenvalue weighted by atomic mass is 10.1. The maximum Gasteiger partial charge on any atom is 0.416 e. The van der Waals surface area contributed by atoms with E-state index < -0.39 is 17.3 Å². The number of aromatic amines is 1. The number of hydrogen-bond acceptors (Lipinski definition) is 3. The number of benzene rings is 2. The smallest absolute Gasteiger partial charge is 0.305 e. The summed E-state index contributed by atoms with van der Waals surface area (Å²) in [6.45, 7) is 7.00. The topological polar surface area (TPSA) is 67.9 Å². The van der Waals surface area contributed by atoms with Gasteiger partial charge < -0.3 is 4.98 Å². The fourth-order valence-electron chi connectivity index (χ4n) is 2.74. The zero-order valence-electron chi connectivity index (χ0n) is 14.0. The first-order valence-electron chi connectivity index (χ1n) is 8.00. The third-order valence-electron chi connectivity index (χ3n) is 4.15. The van der Waals surface area contributed by atoms with Crippen LogP contribution in [0.5, 0.6) is 0 Å². The molecule has 0 aliphatic carbocycles. The highest BCUT2D eigenvalue weighted by molar-refractivity contribution is 5.75. The quantitative estimate of drug-likeness (QED) is 0.525. The summed E-state index contributed by atoms with van der Waals surface area (Å²) in [6.07, 6.45) is -3.02. The molecule has 6 nitrogen and oxygen atoms in total. The zero-order chi connectivity index (χ0) is 19.9. The summed E-state index contributed by atoms with van der Waals surface area (Å²) in [7, 11) is 0. The fraction of sp³-hybridized carbons (Fsp3) is 0.0526. The van der Waals surface area contributed by atoms with Gasteiger partial charge in [0.25, 0.3) is 5.56 Å². The average molecular weight is 381 g/mol. The van der Waals surface area contributed by atoms with Gasteiger partial charge in [0.2, 0.25) is 0 Å². The maximum absolute atomic E-state index is 12.7. The van der Waals surface area contributed by atoms with E-state index in [1.165, 1.54) is 18.5 Å². The molecule has 2 aromatic heterocycles. The number of halogens is 3. The summed E-state index contributed by atoms with van der Waals surface area (Å²) in [5.74, 6) is 0.130. The molecule has 2 aromatic carbocycles. The summed E-state index contributed by atoms with van der Waals surface area (Å²) in [5, 5.41) is 0. The first kappa shape index (κ1) is 17.5. The Hall–Kier alpha value is -3.93. The van der Waals surface area contributed by atoms with Crippen LogP contribution in [0.2, 0.25) is 0 Å². The predicted octanol–water partition coefficient (Wildman–Crippen LogP) is 4.35. The van der Waals surface area contributed by atoms with Gasteiger partial charge in [0.15, 0.2) is 16.9 Å². The molecule has 0 amide bonds. The van der Waals surface area contributed by atoms with Crippen LogP contribution in [0.25, 0.3) is 33.1 Å². The van der Waals surface area contributed by atoms with Gasteiger partial charge in [0.05, 0.1) is 12.1 Å². The average Bonchev–Trinajstić information content (AvgIpc) is 3.12. The van der Waals surface area contributed by atoms with E-state index in [4.69, 9.17) is 6.57 Å². The molecule has 0 atom stereocenters. The molecule has 0 saturated carbocycles. The van der Waals surface area contributed by atoms with Crippen LogP contribution in [0.4, 0.5) is 18.9 Å². The Morgan fingerprint density at radius 1 is 1.04 bits per heavy atom. The van der Waals surface area contributed by atoms with Crippen molar-refractivity contribution in [2.24, 2.45) is 0 Å². The Bertz CT molecular complexity index is 1260. The molecule has 0 radical (unpaired) electrons. The summed E-state index contributed by atoms with van der Waals surface area (Å²) in [5.41, 5.74) is 0.513. The molecule has 1 N–H and O–H groups in total. The van der Waals surface area contributed by atoms with Crippen molar-refractivity contribution >= 4 is 16.9 Å². The Morgan fingerprint density at radius 2 is 1.71 bits per heavy atom. The molecule has 2 heterocycles. The SMILES string of the molecule is [C-]#[N+]c1ccc(-n2cnc3c(=O)[nH]c(-c4ccc(C(F)(F)F)cc4)nc32)cc1. The second-order valence-electron chi connectivity index (χ2n) is 5.90. The number of fused-ring (bicyclic) bond motifs is 1. The van der Waals surface area contributed by atoms with Crippen LogP contribution in [0.15, 0.2) is 59.7 Å². The molecule has 28 heavy (non-hydrogen) atoms. The normalized spacial score (nSPS) is 11.5. The molecule has 9 heteroatoms. The molecule has 0 fully saturated rings. The van der Waals surface area contributed by atoms with E-state index in [1.807, 2.05) is 0 Å². The van der Waals surface area contributed by atoms with E-state index in [9.17, 15) is 18.0 Å². The Morgan fingerprint density at radius 3 is 2.32 bits per heavy atom. The van der Waals surface area contributed by atoms with Crippen LogP contribution in [-0.2, 0) is 6.18 Å². The number of H-pyrrole nitrogens is 1. The van der Waals surface area contributed by atoms with Crippen molar-refractivity contribution in [2.45, 2.75) is 6.18 Å². The molecule has 0 bridgehead atoms. The van der Waals surface area contributed by atoms with Gasteiger partial charge in [-0.25, -0.2) is 14.8 Å². The summed E-state index contributed by atoms with van der Waals surface area (Å²) in [4.78, 5) is 26.7. The predicted molar refractivity (Wildman–Crippen MR) is 96.2 cm³/mol. The van der Waals surface area contributed by atoms with Crippen LogP contribution < -0.4 is 5.56 Å². The maximum atomic E-state index is 12.7. The number of aromatic nitrogens is 4. The number of nitrogens with one attached hydrogen (secondary N) is 1. The second-order valence-corrected chi connectivity index (χ2v) is 5.90. The van der Waals surface area contributed by atoms with Gasteiger partial charge in [-0.3, -0.25) is 9.36 Å². The van der Waals surface area contributed by atoms with Gasteiger partial charge in [0.1, 0.15) is 12.2 Å². The Labute approximate surface area is 155 Å². The standard InChI is InChI=1S/C19H10F3N5O/c1-23-13-6-8-14(9-7-13)27-10-24-15-17(27)25-16(26-18(15)28)11-2-4-12(5-3-11)19(20,21)22/h2-10H,(H,25,26,28). The van der Waals surface area contributed by atoms with Crippen LogP contribution >= 0.6 is 0 Å². The zero-order valence-corrected chi connectivity index (χ0v) is 14.0. The van der Waals surface area contributed by atoms with Gasteiger partial charge in [-0.15, -0.1) is 0 Å². The molecule has 4 aromatic rings. The molecule has 0 aliphatic rings. The van der Waals surface area contributed by atoms with Crippen molar-refractivity contribution in [1.82, 2.24) is 19.5 Å². The van der Waals surface area contributed by atoms with Crippen LogP contribution in [-0.4, -0.2) is 19.5 Å². The molecule has 0 saturated heterocycles. The van der Waals surface area contributed by atoms with Crippen LogP contribution in [0, 0.1) is 6.57 Å². The highest BCUT2D eigenvalue weighted by atomic mass is 19.4. The minimum atomic E-state index is -4.45. The molecular weight excluding hydrogens is 371 g/mol. The van der Waals surface area contributed by atoms with Crippen molar-refractivity contribution in [3.63, 3.8) is 0 Å². The molecule has 0 aliphatic heterocycles. The van der Waals surface area contributed by atoms with Gasteiger partial charge >= 0.3 is 6.18 Å². The van der Waals surface area contributed by atoms with E-state index in [2.05, 4.69) is 19.8 Å². The van der Waals surface area contributed by atoms with Crippen molar-refractivity contribution in [3.8, 4) is 17.1 Å². The van der Waals surface area contributed by atoms with Gasteiger partial charge in [-0.1, -0.05) is 24.3 Å². The van der Waals surface area contributed by atoms with Crippen LogP contribution in [0.1, 0.15) is 5.56 Å². The molecule has 4 rings (SSSR count). The summed E-state index contributed by atoms with van der Waals surface area (Å²) >= 11 is 0. The second kappa shape index (κ2) is 6.35. The van der Waals surface area contributed by atoms with E-state index in [0.29, 0.717) is 16.9 Å². The minimum Gasteiger partial charge on any atom is -0.305 e. The lowest BCUT2D eigenvalue weighted by Crippen LogP contribution is -2.11. The third kappa shape index (κ3) is 3.01. The van der Waals surface area contributed by atoms with E-state index in [0.717, 1.165) is 12.1 Å². The monoisotopic (exact) mass is 381 g/mol. The van der Waals surface area contributed by atoms with E-state index in [1.54, 1.807) is 28.8 Å². The van der Waals surface area contributed by atoms with Gasteiger partial charge in [0, 0.05) is 11.3 Å². The van der Waals surface area contributed by atoms with E-state index >= 15 is 0 Å². The lowest BCUT2D eigenvalue weighted by molar-refractivity contribution is -0.137. The molecule has 138 valence electrons. The Balaban J connectivity index is 1.83. The highest BCUT2D eigenvalue weighted by Gasteiger charge is 2.30. The highest BCUT2D eigenvalue weighted by Crippen LogP contribution is 2.30. The van der Waals surface area contributed by atoms with Gasteiger partial charge in [-0.2, -0.15) is 13.2 Å². The minimum absolute atomic E-state index is 0.102. The number of imidazole rings is 1. The first-order chi connectivity index (χ1) is 13.4. The number of hydrogen-bond donors (Lipinski definition) is 1. The first-order valence-corrected chi connectivity index (χ1v) is 8.00. The van der Waals surface area contributed by atoms with Gasteiger partial charge in [-0.05, 0) is 24.3 Å². The summed E-state index contributed by atoms with van der Waals surface area (Å²) in [6, 6.07) is 11.0. The molecule has 0 unspecified atom stereocenters. The van der Waals surface area contributed by atoms with E-state index in [-0.39, 0.29) is 17.0 Å². The molecular formula is C19H10F3N5O. The van der Waals surface area contributed by atoms with Crippen molar-refractivity contribution in [3.05, 3.63) is 82.2 Å². The lowest BCUT2D eigenvalue weighted by Gasteiger charge is -2.08. The number of nitrogens with zero attached hydrogens (tertiary/aromatic N) is 4. The summed E-state index contributed by atoms with van der Waals surface area (Å²) < 4.78 is 39.8. The number of alkyl halides is 3. The molecule has 0 spiro atoms. The Kier molecular flexibility index (Phi) is 3.96. The van der Waals surface area contributed by atoms with Crippen molar-refractivity contribution in [1.29, 1.82) is 0 Å². The van der Waals surface area contributed by atoms with Crippen molar-refractivity contribution < 1.29 is 13.2 Å². The largest absolute Gasteiger partial charge is 0.416 e. The fourth-order valence-corrected chi connectivity index (χ4v) is 2.74. The van der Waals surface area contributed by atoms with Crippen molar-refractivity contribution in [2.75, 3.05) is 0 Å². The third-order valence-corrected chi connectivity index (χ3v) is 4.15. The van der Waals surface area contributed by atoms with Crippen LogP contribution in [0.3, 0.4) is 0 Å².